The van der Waals surface area contributed by atoms with E-state index in [0.29, 0.717) is 16.2 Å². The van der Waals surface area contributed by atoms with Crippen LogP contribution < -0.4 is 0 Å². The van der Waals surface area contributed by atoms with Crippen molar-refractivity contribution < 1.29 is 0 Å². The highest BCUT2D eigenvalue weighted by molar-refractivity contribution is 6.09. The molecule has 0 nitrogen and oxygen atoms in total. The van der Waals surface area contributed by atoms with Gasteiger partial charge in [-0.2, -0.15) is 0 Å². The van der Waals surface area contributed by atoms with E-state index in [1.54, 1.807) is 0 Å². The van der Waals surface area contributed by atoms with E-state index in [0.717, 1.165) is 17.8 Å². The van der Waals surface area contributed by atoms with Crippen LogP contribution in [0.25, 0.3) is 0 Å². The zero-order valence-electron chi connectivity index (χ0n) is 24.6. The number of hydrogen-bond donors (Lipinski definition) is 0. The highest BCUT2D eigenvalue weighted by Gasteiger charge is 2.25. The highest BCUT2D eigenvalue weighted by atomic mass is 27.1. The first kappa shape index (κ1) is 36.2. The van der Waals surface area contributed by atoms with Crippen LogP contribution in [-0.4, -0.2) is 48.9 Å². The summed E-state index contributed by atoms with van der Waals surface area (Å²) in [5.41, 5.74) is 1.78. The maximum Gasteiger partial charge on any atom is 0.212 e. The van der Waals surface area contributed by atoms with E-state index in [9.17, 15) is 0 Å². The Balaban J connectivity index is -0.000000364. The minimum Gasteiger partial charge on any atom is -0.0980 e. The van der Waals surface area contributed by atoms with Gasteiger partial charge in [-0.25, -0.2) is 0 Å². The predicted octanol–water partition coefficient (Wildman–Crippen LogP) is 7.50. The maximum atomic E-state index is 2.40. The molecule has 0 aliphatic carbocycles. The molecule has 180 valence electrons. The summed E-state index contributed by atoms with van der Waals surface area (Å²) in [5.74, 6) is 2.93. The summed E-state index contributed by atoms with van der Waals surface area (Å²) in [7, 11) is 0. The van der Waals surface area contributed by atoms with Crippen molar-refractivity contribution in [2.45, 2.75) is 137 Å². The summed E-state index contributed by atoms with van der Waals surface area (Å²) < 4.78 is 0. The molecule has 0 aliphatic rings. The van der Waals surface area contributed by atoms with E-state index in [1.807, 2.05) is 0 Å². The van der Waals surface area contributed by atoms with Crippen LogP contribution in [0.3, 0.4) is 0 Å². The van der Waals surface area contributed by atoms with Crippen molar-refractivity contribution in [3.8, 4) is 0 Å². The third kappa shape index (κ3) is 14.7. The molecule has 0 bridgehead atoms. The Kier molecular flexibility index (Phi) is 22.9. The lowest BCUT2D eigenvalue weighted by Gasteiger charge is -2.32. The van der Waals surface area contributed by atoms with Gasteiger partial charge < -0.3 is 0 Å². The molecule has 3 atom stereocenters. The van der Waals surface area contributed by atoms with Crippen molar-refractivity contribution in [1.82, 2.24) is 0 Å². The molecule has 3 heteroatoms. The molecule has 0 N–H and O–H groups in total. The molecule has 0 aromatic heterocycles. The second-order valence-corrected chi connectivity index (χ2v) is 14.0. The van der Waals surface area contributed by atoms with Gasteiger partial charge in [0.05, 0.1) is 0 Å². The molecule has 0 heterocycles. The molecule has 0 amide bonds. The first-order valence-electron chi connectivity index (χ1n) is 13.7. The first-order valence-corrected chi connectivity index (χ1v) is 18.0. The Labute approximate surface area is 219 Å². The average Bonchev–Trinajstić information content (AvgIpc) is 2.71. The van der Waals surface area contributed by atoms with Crippen LogP contribution >= 0.6 is 0 Å². The Morgan fingerprint density at radius 1 is 0.433 bits per heavy atom. The van der Waals surface area contributed by atoms with Gasteiger partial charge in [0.1, 0.15) is 0 Å². The van der Waals surface area contributed by atoms with Crippen molar-refractivity contribution in [3.63, 3.8) is 0 Å². The van der Waals surface area contributed by atoms with Crippen molar-refractivity contribution in [3.05, 3.63) is 0 Å². The fourth-order valence-corrected chi connectivity index (χ4v) is 10.1. The zero-order valence-corrected chi connectivity index (χ0v) is 30.6. The van der Waals surface area contributed by atoms with Crippen molar-refractivity contribution in [2.75, 3.05) is 0 Å². The van der Waals surface area contributed by atoms with Gasteiger partial charge in [0.15, 0.2) is 0 Å². The van der Waals surface area contributed by atoms with Crippen LogP contribution in [0.2, 0.25) is 15.8 Å². The van der Waals surface area contributed by atoms with Gasteiger partial charge in [0.25, 0.3) is 0 Å². The van der Waals surface area contributed by atoms with Crippen LogP contribution in [0.4, 0.5) is 0 Å². The smallest absolute Gasteiger partial charge is 0.0980 e. The van der Waals surface area contributed by atoms with Gasteiger partial charge >= 0.3 is 0 Å². The molecular formula is C27H63Al3. The van der Waals surface area contributed by atoms with Crippen LogP contribution in [0.1, 0.15) is 122 Å². The van der Waals surface area contributed by atoms with Gasteiger partial charge in [-0.15, -0.1) is 0 Å². The summed E-state index contributed by atoms with van der Waals surface area (Å²) in [6, 6.07) is 0. The summed E-state index contributed by atoms with van der Waals surface area (Å²) in [6.45, 7) is 28.3. The van der Waals surface area contributed by atoms with Gasteiger partial charge in [-0.05, 0) is 34.0 Å². The Morgan fingerprint density at radius 2 is 0.600 bits per heavy atom. The lowest BCUT2D eigenvalue weighted by molar-refractivity contribution is 0.216. The quantitative estimate of drug-likeness (QED) is 0.260. The fourth-order valence-electron chi connectivity index (χ4n) is 5.05. The third-order valence-corrected chi connectivity index (χ3v) is 12.0. The van der Waals surface area contributed by atoms with Crippen molar-refractivity contribution in [1.29, 1.82) is 0 Å². The molecule has 3 unspecified atom stereocenters. The molecule has 30 heavy (non-hydrogen) atoms. The maximum absolute atomic E-state index is 2.40. The lowest BCUT2D eigenvalue weighted by Crippen LogP contribution is -2.22. The molecule has 0 radical (unpaired) electrons. The van der Waals surface area contributed by atoms with E-state index in [1.165, 1.54) is 103 Å². The van der Waals surface area contributed by atoms with E-state index in [-0.39, 0.29) is 0 Å². The minimum atomic E-state index is 0.594. The second kappa shape index (κ2) is 19.0. The zero-order chi connectivity index (χ0) is 24.6. The first-order chi connectivity index (χ1) is 13.7. The monoisotopic (exact) mass is 468 g/mol. The largest absolute Gasteiger partial charge is 0.212 e. The predicted molar refractivity (Wildman–Crippen MR) is 154 cm³/mol. The van der Waals surface area contributed by atoms with Gasteiger partial charge in [-0.3, -0.25) is 0 Å². The molecule has 0 saturated carbocycles. The minimum absolute atomic E-state index is 0.594. The van der Waals surface area contributed by atoms with Crippen LogP contribution in [-0.2, 0) is 0 Å². The Hall–Kier alpha value is 1.60. The molecule has 0 rings (SSSR count). The number of rotatable bonds is 12. The number of hydrogen-bond acceptors (Lipinski definition) is 0. The van der Waals surface area contributed by atoms with Gasteiger partial charge in [0, 0.05) is 0 Å². The van der Waals surface area contributed by atoms with Crippen LogP contribution in [0.5, 0.6) is 0 Å². The van der Waals surface area contributed by atoms with Crippen LogP contribution in [0.15, 0.2) is 0 Å². The standard InChI is InChI=1S/3C9H19.3Al.6H/c3*1-6-8(3)9(4,5)7-2;;;;;;;;;/h3*8H,3,6-7H2,1-2,4-5H3;;;;;;;;;. The molecule has 0 spiro atoms. The molecule has 0 aromatic rings. The molecule has 0 aliphatic heterocycles. The van der Waals surface area contributed by atoms with Crippen molar-refractivity contribution >= 4 is 48.9 Å². The normalized spacial score (nSPS) is 15.2. The fraction of sp³-hybridized carbons (Fsp3) is 1.00. The molecule has 0 aromatic carbocycles. The Morgan fingerprint density at radius 3 is 0.633 bits per heavy atom. The van der Waals surface area contributed by atoms with E-state index in [4.69, 9.17) is 0 Å². The van der Waals surface area contributed by atoms with E-state index in [2.05, 4.69) is 83.1 Å². The van der Waals surface area contributed by atoms with Gasteiger partial charge in [0.2, 0.25) is 48.9 Å². The lowest BCUT2D eigenvalue weighted by atomic mass is 9.76. The molecule has 0 saturated heterocycles. The van der Waals surface area contributed by atoms with E-state index >= 15 is 0 Å². The average molecular weight is 469 g/mol. The summed E-state index contributed by atoms with van der Waals surface area (Å²) in [5, 5.41) is 4.41. The van der Waals surface area contributed by atoms with Crippen LogP contribution in [0, 0.1) is 34.0 Å². The summed E-state index contributed by atoms with van der Waals surface area (Å²) in [4.78, 5) is 0. The molecule has 0 fully saturated rings. The Bertz CT molecular complexity index is 305. The molecular weight excluding hydrogens is 405 g/mol. The third-order valence-electron chi connectivity index (χ3n) is 9.01. The summed E-state index contributed by atoms with van der Waals surface area (Å²) >= 11 is 4.10. The topological polar surface area (TPSA) is 0 Å². The summed E-state index contributed by atoms with van der Waals surface area (Å²) in [6.07, 6.45) is 8.08. The highest BCUT2D eigenvalue weighted by Crippen LogP contribution is 2.35. The van der Waals surface area contributed by atoms with E-state index < -0.39 is 0 Å². The SMILES string of the molecule is CCC([CH2][AlH2])C(C)(C)CC.CCC([CH2][AlH2])C(C)(C)CC.CCC([CH2][AlH2])C(C)(C)CC. The second-order valence-electron chi connectivity index (χ2n) is 11.6. The van der Waals surface area contributed by atoms with Crippen molar-refractivity contribution in [2.24, 2.45) is 34.0 Å². The van der Waals surface area contributed by atoms with Gasteiger partial charge in [-0.1, -0.05) is 137 Å².